The zero-order chi connectivity index (χ0) is 30.0. The number of hydrogen-bond acceptors (Lipinski definition) is 4. The van der Waals surface area contributed by atoms with Gasteiger partial charge in [-0.25, -0.2) is 0 Å². The van der Waals surface area contributed by atoms with Crippen LogP contribution in [0.3, 0.4) is 0 Å². The lowest BCUT2D eigenvalue weighted by Gasteiger charge is -2.33. The number of aryl methyl sites for hydroxylation is 4. The van der Waals surface area contributed by atoms with Crippen LogP contribution in [0.5, 0.6) is 0 Å². The van der Waals surface area contributed by atoms with Gasteiger partial charge in [0.1, 0.15) is 0 Å². The molecule has 0 N–H and O–H groups in total. The molecule has 1 aliphatic heterocycles. The Morgan fingerprint density at radius 1 is 0.738 bits per heavy atom. The summed E-state index contributed by atoms with van der Waals surface area (Å²) in [5.41, 5.74) is 14.5. The molecule has 0 aliphatic carbocycles. The monoisotopic (exact) mass is 560 g/mol. The summed E-state index contributed by atoms with van der Waals surface area (Å²) in [7, 11) is 1.93. The number of rotatable bonds is 7. The third kappa shape index (κ3) is 6.63. The van der Waals surface area contributed by atoms with Crippen LogP contribution in [0.4, 0.5) is 0 Å². The molecule has 5 nitrogen and oxygen atoms in total. The Balaban J connectivity index is 1.17. The molecule has 0 radical (unpaired) electrons. The molecular formula is C37H44N4O. The molecule has 0 saturated carbocycles. The maximum Gasteiger partial charge on any atom is 0.225 e. The van der Waals surface area contributed by atoms with Crippen molar-refractivity contribution >= 4 is 5.91 Å². The van der Waals surface area contributed by atoms with Gasteiger partial charge in [-0.1, -0.05) is 0 Å². The summed E-state index contributed by atoms with van der Waals surface area (Å²) in [5, 5.41) is 0. The van der Waals surface area contributed by atoms with E-state index >= 15 is 0 Å². The zero-order valence-electron chi connectivity index (χ0n) is 26.3. The molecule has 218 valence electrons. The first-order valence-electron chi connectivity index (χ1n) is 15.1. The molecule has 5 rings (SSSR count). The van der Waals surface area contributed by atoms with E-state index in [0.717, 1.165) is 55.0 Å². The molecule has 0 spiro atoms. The van der Waals surface area contributed by atoms with Gasteiger partial charge in [-0.3, -0.25) is 19.7 Å². The summed E-state index contributed by atoms with van der Waals surface area (Å²) < 4.78 is 0. The Hall–Kier alpha value is -3.83. The van der Waals surface area contributed by atoms with Gasteiger partial charge in [-0.05, 0) is 161 Å². The number of nitrogens with zero attached hydrogens (tertiary/aromatic N) is 4. The zero-order valence-corrected chi connectivity index (χ0v) is 26.3. The molecular weight excluding hydrogens is 516 g/mol. The molecule has 3 heterocycles. The summed E-state index contributed by atoms with van der Waals surface area (Å²) in [4.78, 5) is 27.1. The highest BCUT2D eigenvalue weighted by atomic mass is 16.2. The molecule has 1 amide bonds. The summed E-state index contributed by atoms with van der Waals surface area (Å²) in [6.07, 6.45) is 5.56. The van der Waals surface area contributed by atoms with E-state index < -0.39 is 0 Å². The third-order valence-electron chi connectivity index (χ3n) is 9.23. The van der Waals surface area contributed by atoms with Crippen LogP contribution in [0.2, 0.25) is 0 Å². The number of aromatic nitrogens is 2. The van der Waals surface area contributed by atoms with E-state index in [9.17, 15) is 4.79 Å². The van der Waals surface area contributed by atoms with Gasteiger partial charge in [0.05, 0.1) is 11.4 Å². The highest BCUT2D eigenvalue weighted by Gasteiger charge is 2.27. The van der Waals surface area contributed by atoms with E-state index in [-0.39, 0.29) is 11.8 Å². The second-order valence-electron chi connectivity index (χ2n) is 12.3. The first-order chi connectivity index (χ1) is 20.1. The van der Waals surface area contributed by atoms with Gasteiger partial charge in [0.25, 0.3) is 0 Å². The molecule has 1 fully saturated rings. The van der Waals surface area contributed by atoms with Gasteiger partial charge >= 0.3 is 0 Å². The lowest BCUT2D eigenvalue weighted by Crippen LogP contribution is -2.40. The van der Waals surface area contributed by atoms with Gasteiger partial charge in [-0.2, -0.15) is 0 Å². The molecule has 4 aromatic rings. The Morgan fingerprint density at radius 3 is 1.69 bits per heavy atom. The first-order valence-corrected chi connectivity index (χ1v) is 15.1. The van der Waals surface area contributed by atoms with Gasteiger partial charge in [0.15, 0.2) is 0 Å². The van der Waals surface area contributed by atoms with E-state index in [1.54, 1.807) is 0 Å². The molecule has 5 heteroatoms. The number of piperidine rings is 1. The quantitative estimate of drug-likeness (QED) is 0.234. The number of carbonyl (C=O) groups excluding carboxylic acids is 1. The van der Waals surface area contributed by atoms with Crippen LogP contribution in [0.15, 0.2) is 60.9 Å². The van der Waals surface area contributed by atoms with Crippen LogP contribution in [0.1, 0.15) is 57.3 Å². The number of hydrogen-bond donors (Lipinski definition) is 0. The molecule has 2 aromatic heterocycles. The van der Waals surface area contributed by atoms with Crippen molar-refractivity contribution in [3.05, 3.63) is 105 Å². The number of likely N-dealkylation sites (tertiary alicyclic amines) is 1. The average Bonchev–Trinajstić information content (AvgIpc) is 2.98. The third-order valence-corrected chi connectivity index (χ3v) is 9.23. The van der Waals surface area contributed by atoms with Crippen LogP contribution in [-0.4, -0.2) is 45.8 Å². The van der Waals surface area contributed by atoms with Gasteiger partial charge < -0.3 is 4.90 Å². The fraction of sp³-hybridized carbons (Fsp3) is 0.378. The van der Waals surface area contributed by atoms with Gasteiger partial charge in [-0.15, -0.1) is 0 Å². The molecule has 1 saturated heterocycles. The van der Waals surface area contributed by atoms with Crippen LogP contribution in [0.25, 0.3) is 22.5 Å². The van der Waals surface area contributed by atoms with Crippen LogP contribution < -0.4 is 0 Å². The van der Waals surface area contributed by atoms with Crippen molar-refractivity contribution in [1.29, 1.82) is 0 Å². The summed E-state index contributed by atoms with van der Waals surface area (Å²) >= 11 is 0. The minimum Gasteiger partial charge on any atom is -0.341 e. The van der Waals surface area contributed by atoms with Crippen molar-refractivity contribution in [1.82, 2.24) is 19.8 Å². The number of carbonyl (C=O) groups is 1. The van der Waals surface area contributed by atoms with Crippen LogP contribution in [-0.2, 0) is 17.9 Å². The second kappa shape index (κ2) is 12.6. The minimum absolute atomic E-state index is 0.0708. The molecule has 1 aliphatic rings. The molecule has 42 heavy (non-hydrogen) atoms. The Kier molecular flexibility index (Phi) is 8.88. The number of pyridine rings is 2. The van der Waals surface area contributed by atoms with Gasteiger partial charge in [0.2, 0.25) is 5.91 Å². The van der Waals surface area contributed by atoms with Crippen molar-refractivity contribution in [2.75, 3.05) is 20.1 Å². The second-order valence-corrected chi connectivity index (χ2v) is 12.3. The van der Waals surface area contributed by atoms with Gasteiger partial charge in [0, 0.05) is 49.6 Å². The van der Waals surface area contributed by atoms with Crippen molar-refractivity contribution in [3.8, 4) is 22.5 Å². The fourth-order valence-corrected chi connectivity index (χ4v) is 6.09. The van der Waals surface area contributed by atoms with E-state index in [1.165, 1.54) is 44.5 Å². The van der Waals surface area contributed by atoms with E-state index in [0.29, 0.717) is 6.54 Å². The topological polar surface area (TPSA) is 49.3 Å². The van der Waals surface area contributed by atoms with E-state index in [2.05, 4.69) is 98.9 Å². The van der Waals surface area contributed by atoms with Crippen molar-refractivity contribution < 1.29 is 4.79 Å². The summed E-state index contributed by atoms with van der Waals surface area (Å²) in [5.74, 6) is 0.313. The molecule has 0 atom stereocenters. The van der Waals surface area contributed by atoms with Crippen LogP contribution in [0, 0.1) is 47.5 Å². The maximum atomic E-state index is 13.4. The summed E-state index contributed by atoms with van der Waals surface area (Å²) in [6, 6.07) is 17.4. The van der Waals surface area contributed by atoms with E-state index in [4.69, 9.17) is 0 Å². The largest absolute Gasteiger partial charge is 0.341 e. The number of benzene rings is 2. The van der Waals surface area contributed by atoms with E-state index in [1.807, 2.05) is 30.4 Å². The van der Waals surface area contributed by atoms with Crippen molar-refractivity contribution in [2.24, 2.45) is 5.92 Å². The predicted octanol–water partition coefficient (Wildman–Crippen LogP) is 7.53. The van der Waals surface area contributed by atoms with Crippen molar-refractivity contribution in [3.63, 3.8) is 0 Å². The average molecular weight is 561 g/mol. The Bertz CT molecular complexity index is 1550. The smallest absolute Gasteiger partial charge is 0.225 e. The first kappa shape index (κ1) is 29.7. The van der Waals surface area contributed by atoms with Crippen LogP contribution >= 0.6 is 0 Å². The van der Waals surface area contributed by atoms with Crippen molar-refractivity contribution in [2.45, 2.75) is 67.5 Å². The Morgan fingerprint density at radius 2 is 1.19 bits per heavy atom. The normalized spacial score (nSPS) is 14.3. The fourth-order valence-electron chi connectivity index (χ4n) is 6.09. The SMILES string of the molecule is Cc1cc(-c2cc(CN3CCC(C(=O)N(C)Cc4ccnc(-c5cc(C)c(C)c(C)c5)c4)CC3)ccn2)cc(C)c1C. The Labute approximate surface area is 251 Å². The minimum atomic E-state index is 0.0708. The lowest BCUT2D eigenvalue weighted by atomic mass is 9.94. The predicted molar refractivity (Wildman–Crippen MR) is 172 cm³/mol. The number of amides is 1. The molecule has 2 aromatic carbocycles. The standard InChI is InChI=1S/C37H44N4O/c1-24-16-33(17-25(2)28(24)5)35-20-30(8-12-38-35)22-40(7)37(42)32-10-14-41(15-11-32)23-31-9-13-39-36(21-31)34-18-26(3)29(6)27(4)19-34/h8-9,12-13,16-21,32H,10-11,14-15,22-23H2,1-7H3. The highest BCUT2D eigenvalue weighted by Crippen LogP contribution is 2.27. The highest BCUT2D eigenvalue weighted by molar-refractivity contribution is 5.78. The lowest BCUT2D eigenvalue weighted by molar-refractivity contribution is -0.136. The maximum absolute atomic E-state index is 13.4. The molecule has 0 bridgehead atoms. The summed E-state index contributed by atoms with van der Waals surface area (Å²) in [6.45, 7) is 16.3. The molecule has 0 unspecified atom stereocenters.